The molecule has 0 bridgehead atoms. The summed E-state index contributed by atoms with van der Waals surface area (Å²) in [6, 6.07) is 8.49. The zero-order valence-electron chi connectivity index (χ0n) is 15.7. The second kappa shape index (κ2) is 12.3. The summed E-state index contributed by atoms with van der Waals surface area (Å²) in [7, 11) is 0. The third kappa shape index (κ3) is 7.78. The van der Waals surface area contributed by atoms with Crippen molar-refractivity contribution in [1.82, 2.24) is 15.6 Å². The molecular formula is C20H29Cl2N3OS. The third-order valence-electron chi connectivity index (χ3n) is 4.84. The van der Waals surface area contributed by atoms with E-state index in [1.807, 2.05) is 6.92 Å². The van der Waals surface area contributed by atoms with Gasteiger partial charge in [0.25, 0.3) is 0 Å². The molecule has 0 unspecified atom stereocenters. The fourth-order valence-electron chi connectivity index (χ4n) is 3.28. The molecule has 150 valence electrons. The van der Waals surface area contributed by atoms with Crippen molar-refractivity contribution in [3.63, 3.8) is 0 Å². The Morgan fingerprint density at radius 1 is 1.22 bits per heavy atom. The predicted octanol–water partition coefficient (Wildman–Crippen LogP) is 4.40. The predicted molar refractivity (Wildman–Crippen MR) is 118 cm³/mol. The fraction of sp³-hybridized carbons (Fsp3) is 0.500. The van der Waals surface area contributed by atoms with Gasteiger partial charge in [0.2, 0.25) is 5.91 Å². The maximum Gasteiger partial charge on any atom is 0.220 e. The van der Waals surface area contributed by atoms with Crippen LogP contribution in [0, 0.1) is 12.8 Å². The van der Waals surface area contributed by atoms with Crippen LogP contribution < -0.4 is 10.6 Å². The van der Waals surface area contributed by atoms with Gasteiger partial charge in [-0.25, -0.2) is 4.98 Å². The van der Waals surface area contributed by atoms with Crippen LogP contribution in [-0.2, 0) is 11.2 Å². The highest BCUT2D eigenvalue weighted by Gasteiger charge is 2.14. The number of nitrogens with one attached hydrogen (secondary N) is 2. The van der Waals surface area contributed by atoms with Crippen molar-refractivity contribution in [3.05, 3.63) is 40.2 Å². The van der Waals surface area contributed by atoms with E-state index >= 15 is 0 Å². The monoisotopic (exact) mass is 429 g/mol. The Bertz CT molecular complexity index is 685. The molecule has 2 aromatic rings. The molecule has 1 amide bonds. The normalized spacial score (nSPS) is 14.1. The Hall–Kier alpha value is -1.14. The number of aryl methyl sites for hydroxylation is 1. The van der Waals surface area contributed by atoms with Gasteiger partial charge in [-0.1, -0.05) is 24.3 Å². The van der Waals surface area contributed by atoms with Crippen LogP contribution in [0.15, 0.2) is 29.6 Å². The van der Waals surface area contributed by atoms with Crippen LogP contribution in [0.2, 0.25) is 0 Å². The molecule has 1 saturated heterocycles. The van der Waals surface area contributed by atoms with E-state index in [0.717, 1.165) is 42.2 Å². The highest BCUT2D eigenvalue weighted by molar-refractivity contribution is 7.09. The number of aromatic nitrogens is 1. The molecule has 7 heteroatoms. The van der Waals surface area contributed by atoms with Crippen LogP contribution >= 0.6 is 36.2 Å². The molecule has 1 aliphatic heterocycles. The summed E-state index contributed by atoms with van der Waals surface area (Å²) in [5, 5.41) is 9.60. The van der Waals surface area contributed by atoms with Gasteiger partial charge in [0.15, 0.2) is 0 Å². The smallest absolute Gasteiger partial charge is 0.220 e. The fourth-order valence-corrected chi connectivity index (χ4v) is 3.90. The first-order chi connectivity index (χ1) is 12.2. The zero-order chi connectivity index (χ0) is 17.5. The Morgan fingerprint density at radius 3 is 2.56 bits per heavy atom. The zero-order valence-corrected chi connectivity index (χ0v) is 18.2. The average molecular weight is 430 g/mol. The van der Waals surface area contributed by atoms with E-state index in [2.05, 4.69) is 45.3 Å². The van der Waals surface area contributed by atoms with E-state index in [9.17, 15) is 4.79 Å². The molecule has 0 aliphatic carbocycles. The van der Waals surface area contributed by atoms with Crippen molar-refractivity contribution < 1.29 is 4.79 Å². The SMILES string of the molecule is Cc1nc(-c2ccc(CCNC(=O)CCC3CCNCC3)cc2)cs1.Cl.Cl. The third-order valence-corrected chi connectivity index (χ3v) is 5.62. The maximum absolute atomic E-state index is 12.0. The van der Waals surface area contributed by atoms with Gasteiger partial charge < -0.3 is 10.6 Å². The Labute approximate surface area is 178 Å². The van der Waals surface area contributed by atoms with Gasteiger partial charge in [0.05, 0.1) is 10.7 Å². The Balaban J connectivity index is 0.00000182. The number of amides is 1. The van der Waals surface area contributed by atoms with Gasteiger partial charge in [-0.05, 0) is 57.2 Å². The topological polar surface area (TPSA) is 54.0 Å². The summed E-state index contributed by atoms with van der Waals surface area (Å²) in [6.45, 7) is 4.93. The maximum atomic E-state index is 12.0. The van der Waals surface area contributed by atoms with E-state index in [1.165, 1.54) is 18.4 Å². The number of nitrogens with zero attached hydrogens (tertiary/aromatic N) is 1. The molecule has 3 rings (SSSR count). The molecule has 0 spiro atoms. The van der Waals surface area contributed by atoms with Crippen LogP contribution in [0.3, 0.4) is 0 Å². The number of piperidine rings is 1. The lowest BCUT2D eigenvalue weighted by molar-refractivity contribution is -0.121. The summed E-state index contributed by atoms with van der Waals surface area (Å²) >= 11 is 1.67. The van der Waals surface area contributed by atoms with Crippen molar-refractivity contribution in [2.24, 2.45) is 5.92 Å². The molecule has 1 aromatic heterocycles. The molecule has 4 nitrogen and oxygen atoms in total. The molecule has 0 saturated carbocycles. The molecule has 1 fully saturated rings. The largest absolute Gasteiger partial charge is 0.356 e. The summed E-state index contributed by atoms with van der Waals surface area (Å²) in [4.78, 5) is 16.5. The quantitative estimate of drug-likeness (QED) is 0.685. The number of hydrogen-bond donors (Lipinski definition) is 2. The number of thiazole rings is 1. The van der Waals surface area contributed by atoms with Crippen molar-refractivity contribution in [1.29, 1.82) is 0 Å². The number of carbonyl (C=O) groups excluding carboxylic acids is 1. The lowest BCUT2D eigenvalue weighted by atomic mass is 9.93. The van der Waals surface area contributed by atoms with Crippen molar-refractivity contribution >= 4 is 42.1 Å². The lowest BCUT2D eigenvalue weighted by Gasteiger charge is -2.22. The number of benzene rings is 1. The number of rotatable bonds is 7. The number of carbonyl (C=O) groups is 1. The van der Waals surface area contributed by atoms with E-state index in [0.29, 0.717) is 18.9 Å². The van der Waals surface area contributed by atoms with Crippen LogP contribution in [0.25, 0.3) is 11.3 Å². The summed E-state index contributed by atoms with van der Waals surface area (Å²) in [5.41, 5.74) is 3.44. The van der Waals surface area contributed by atoms with Crippen LogP contribution in [0.1, 0.15) is 36.3 Å². The van der Waals surface area contributed by atoms with Gasteiger partial charge in [-0.2, -0.15) is 0 Å². The van der Waals surface area contributed by atoms with Gasteiger partial charge in [0.1, 0.15) is 0 Å². The van der Waals surface area contributed by atoms with Crippen molar-refractivity contribution in [2.75, 3.05) is 19.6 Å². The first kappa shape index (κ1) is 23.9. The van der Waals surface area contributed by atoms with Crippen molar-refractivity contribution in [3.8, 4) is 11.3 Å². The second-order valence-electron chi connectivity index (χ2n) is 6.78. The Morgan fingerprint density at radius 2 is 1.93 bits per heavy atom. The minimum absolute atomic E-state index is 0. The molecular weight excluding hydrogens is 401 g/mol. The Kier molecular flexibility index (Phi) is 10.9. The van der Waals surface area contributed by atoms with Gasteiger partial charge in [-0.15, -0.1) is 36.2 Å². The first-order valence-corrected chi connectivity index (χ1v) is 10.1. The molecule has 0 atom stereocenters. The minimum atomic E-state index is 0. The second-order valence-corrected chi connectivity index (χ2v) is 7.84. The van der Waals surface area contributed by atoms with E-state index in [4.69, 9.17) is 0 Å². The van der Waals surface area contributed by atoms with Gasteiger partial charge in [0, 0.05) is 23.9 Å². The van der Waals surface area contributed by atoms with Crippen LogP contribution in [0.4, 0.5) is 0 Å². The van der Waals surface area contributed by atoms with Crippen LogP contribution in [0.5, 0.6) is 0 Å². The molecule has 1 aliphatic rings. The molecule has 1 aromatic carbocycles. The van der Waals surface area contributed by atoms with Crippen LogP contribution in [-0.4, -0.2) is 30.5 Å². The highest BCUT2D eigenvalue weighted by atomic mass is 35.5. The number of halogens is 2. The minimum Gasteiger partial charge on any atom is -0.356 e. The average Bonchev–Trinajstić information content (AvgIpc) is 3.08. The van der Waals surface area contributed by atoms with Gasteiger partial charge >= 0.3 is 0 Å². The van der Waals surface area contributed by atoms with E-state index < -0.39 is 0 Å². The lowest BCUT2D eigenvalue weighted by Crippen LogP contribution is -2.30. The summed E-state index contributed by atoms with van der Waals surface area (Å²) in [6.07, 6.45) is 4.97. The molecule has 2 heterocycles. The summed E-state index contributed by atoms with van der Waals surface area (Å²) in [5.74, 6) is 0.905. The van der Waals surface area contributed by atoms with E-state index in [1.54, 1.807) is 11.3 Å². The van der Waals surface area contributed by atoms with E-state index in [-0.39, 0.29) is 30.7 Å². The van der Waals surface area contributed by atoms with Gasteiger partial charge in [-0.3, -0.25) is 4.79 Å². The summed E-state index contributed by atoms with van der Waals surface area (Å²) < 4.78 is 0. The molecule has 27 heavy (non-hydrogen) atoms. The standard InChI is InChI=1S/C20H27N3OS.2ClH/c1-15-23-19(14-25-15)18-5-2-16(3-6-18)10-13-22-20(24)7-4-17-8-11-21-12-9-17;;/h2-3,5-6,14,17,21H,4,7-13H2,1H3,(H,22,24);2*1H. The molecule has 2 N–H and O–H groups in total. The molecule has 0 radical (unpaired) electrons. The first-order valence-electron chi connectivity index (χ1n) is 9.19. The number of hydrogen-bond acceptors (Lipinski definition) is 4. The van der Waals surface area contributed by atoms with Crippen molar-refractivity contribution in [2.45, 2.75) is 39.0 Å². The highest BCUT2D eigenvalue weighted by Crippen LogP contribution is 2.22.